The molecule has 0 unspecified atom stereocenters. The molecule has 1 aliphatic heterocycles. The zero-order chi connectivity index (χ0) is 17.2. The van der Waals surface area contributed by atoms with Gasteiger partial charge in [-0.25, -0.2) is 8.42 Å². The maximum absolute atomic E-state index is 12.8. The van der Waals surface area contributed by atoms with Crippen LogP contribution in [0.1, 0.15) is 5.56 Å². The number of sulfonamides is 1. The summed E-state index contributed by atoms with van der Waals surface area (Å²) in [7, 11) is -1.88. The van der Waals surface area contributed by atoms with E-state index in [9.17, 15) is 8.42 Å². The Morgan fingerprint density at radius 2 is 1.62 bits per heavy atom. The van der Waals surface area contributed by atoms with Crippen LogP contribution in [0.4, 0.5) is 5.69 Å². The highest BCUT2D eigenvalue weighted by molar-refractivity contribution is 7.89. The Labute approximate surface area is 143 Å². The molecule has 2 aromatic rings. The van der Waals surface area contributed by atoms with E-state index in [-0.39, 0.29) is 0 Å². The number of nitrogens with zero attached hydrogens (tertiary/aromatic N) is 2. The van der Waals surface area contributed by atoms with Gasteiger partial charge in [0.25, 0.3) is 0 Å². The van der Waals surface area contributed by atoms with Gasteiger partial charge in [0.05, 0.1) is 12.0 Å². The predicted molar refractivity (Wildman–Crippen MR) is 95.1 cm³/mol. The molecule has 24 heavy (non-hydrogen) atoms. The Morgan fingerprint density at radius 3 is 2.21 bits per heavy atom. The van der Waals surface area contributed by atoms with Gasteiger partial charge in [-0.15, -0.1) is 0 Å². The zero-order valence-corrected chi connectivity index (χ0v) is 14.8. The number of aryl methyl sites for hydroxylation is 1. The molecule has 0 bridgehead atoms. The number of rotatable bonds is 4. The van der Waals surface area contributed by atoms with Gasteiger partial charge in [0.15, 0.2) is 0 Å². The molecule has 0 radical (unpaired) electrons. The summed E-state index contributed by atoms with van der Waals surface area (Å²) in [6.07, 6.45) is 0. The second kappa shape index (κ2) is 6.83. The third-order valence-electron chi connectivity index (χ3n) is 4.36. The lowest BCUT2D eigenvalue weighted by molar-refractivity contribution is 0.384. The van der Waals surface area contributed by atoms with Crippen LogP contribution in [0.25, 0.3) is 0 Å². The van der Waals surface area contributed by atoms with Crippen molar-refractivity contribution < 1.29 is 13.2 Å². The predicted octanol–water partition coefficient (Wildman–Crippen LogP) is 2.51. The van der Waals surface area contributed by atoms with Gasteiger partial charge in [0, 0.05) is 31.9 Å². The van der Waals surface area contributed by atoms with Gasteiger partial charge >= 0.3 is 0 Å². The molecule has 5 nitrogen and oxygen atoms in total. The Bertz CT molecular complexity index is 798. The van der Waals surface area contributed by atoms with E-state index in [1.54, 1.807) is 29.6 Å². The summed E-state index contributed by atoms with van der Waals surface area (Å²) in [6.45, 7) is 4.21. The lowest BCUT2D eigenvalue weighted by Gasteiger charge is -2.35. The van der Waals surface area contributed by atoms with Crippen molar-refractivity contribution in [3.05, 3.63) is 54.1 Å². The molecule has 3 rings (SSSR count). The minimum absolute atomic E-state index is 0.328. The summed E-state index contributed by atoms with van der Waals surface area (Å²) in [5, 5.41) is 0. The number of hydrogen-bond acceptors (Lipinski definition) is 4. The molecule has 0 N–H and O–H groups in total. The first-order valence-electron chi connectivity index (χ1n) is 7.97. The van der Waals surface area contributed by atoms with Crippen LogP contribution in [0.5, 0.6) is 5.75 Å². The van der Waals surface area contributed by atoms with Crippen LogP contribution in [0.2, 0.25) is 0 Å². The van der Waals surface area contributed by atoms with Crippen molar-refractivity contribution in [3.63, 3.8) is 0 Å². The van der Waals surface area contributed by atoms with Gasteiger partial charge in [-0.1, -0.05) is 18.2 Å². The molecule has 1 heterocycles. The van der Waals surface area contributed by atoms with E-state index in [0.717, 1.165) is 11.3 Å². The van der Waals surface area contributed by atoms with E-state index in [2.05, 4.69) is 17.0 Å². The van der Waals surface area contributed by atoms with Gasteiger partial charge in [0.1, 0.15) is 5.75 Å². The lowest BCUT2D eigenvalue weighted by atomic mass is 10.2. The smallest absolute Gasteiger partial charge is 0.243 e. The number of ether oxygens (including phenoxy) is 1. The normalized spacial score (nSPS) is 16.2. The molecular formula is C18H22N2O3S. The molecular weight excluding hydrogens is 324 g/mol. The van der Waals surface area contributed by atoms with Crippen LogP contribution in [0.15, 0.2) is 53.4 Å². The second-order valence-electron chi connectivity index (χ2n) is 5.86. The molecule has 0 aliphatic carbocycles. The monoisotopic (exact) mass is 346 g/mol. The summed E-state index contributed by atoms with van der Waals surface area (Å²) in [5.74, 6) is 0.697. The van der Waals surface area contributed by atoms with Crippen LogP contribution < -0.4 is 9.64 Å². The van der Waals surface area contributed by atoms with Crippen molar-refractivity contribution in [2.24, 2.45) is 0 Å². The molecule has 0 spiro atoms. The number of hydrogen-bond donors (Lipinski definition) is 0. The van der Waals surface area contributed by atoms with Crippen LogP contribution in [-0.2, 0) is 10.0 Å². The fourth-order valence-corrected chi connectivity index (χ4v) is 4.49. The first kappa shape index (κ1) is 16.8. The molecule has 0 aromatic heterocycles. The minimum Gasteiger partial charge on any atom is -0.496 e. The van der Waals surface area contributed by atoms with E-state index in [4.69, 9.17) is 4.74 Å². The topological polar surface area (TPSA) is 49.9 Å². The Hall–Kier alpha value is -2.05. The van der Waals surface area contributed by atoms with Crippen molar-refractivity contribution in [1.29, 1.82) is 0 Å². The highest BCUT2D eigenvalue weighted by atomic mass is 32.2. The summed E-state index contributed by atoms with van der Waals surface area (Å²) in [6, 6.07) is 15.1. The summed E-state index contributed by atoms with van der Waals surface area (Å²) >= 11 is 0. The average Bonchev–Trinajstić information content (AvgIpc) is 2.62. The Morgan fingerprint density at radius 1 is 0.958 bits per heavy atom. The summed E-state index contributed by atoms with van der Waals surface area (Å²) in [5.41, 5.74) is 1.95. The van der Waals surface area contributed by atoms with Gasteiger partial charge in [-0.2, -0.15) is 4.31 Å². The number of benzene rings is 2. The zero-order valence-electron chi connectivity index (χ0n) is 14.0. The molecule has 1 fully saturated rings. The van der Waals surface area contributed by atoms with Crippen molar-refractivity contribution >= 4 is 15.7 Å². The van der Waals surface area contributed by atoms with Gasteiger partial charge < -0.3 is 9.64 Å². The van der Waals surface area contributed by atoms with Crippen molar-refractivity contribution in [3.8, 4) is 5.75 Å². The lowest BCUT2D eigenvalue weighted by Crippen LogP contribution is -2.48. The highest BCUT2D eigenvalue weighted by Crippen LogP contribution is 2.25. The minimum atomic E-state index is -3.46. The Balaban J connectivity index is 1.74. The SMILES string of the molecule is COc1ccc(S(=O)(=O)N2CCN(c3ccccc3)CC2)cc1C. The number of methoxy groups -OCH3 is 1. The number of piperazine rings is 1. The molecule has 0 amide bonds. The van der Waals surface area contributed by atoms with Gasteiger partial charge in [-0.3, -0.25) is 0 Å². The second-order valence-corrected chi connectivity index (χ2v) is 7.80. The molecule has 6 heteroatoms. The quantitative estimate of drug-likeness (QED) is 0.854. The maximum atomic E-state index is 12.8. The molecule has 1 aliphatic rings. The van der Waals surface area contributed by atoms with Crippen molar-refractivity contribution in [2.45, 2.75) is 11.8 Å². The molecule has 2 aromatic carbocycles. The largest absolute Gasteiger partial charge is 0.496 e. The fourth-order valence-electron chi connectivity index (χ4n) is 2.99. The third-order valence-corrected chi connectivity index (χ3v) is 6.26. The van der Waals surface area contributed by atoms with E-state index >= 15 is 0 Å². The van der Waals surface area contributed by atoms with Crippen LogP contribution in [-0.4, -0.2) is 46.0 Å². The van der Waals surface area contributed by atoms with E-state index in [1.807, 2.05) is 25.1 Å². The van der Waals surface area contributed by atoms with Gasteiger partial charge in [-0.05, 0) is 42.8 Å². The van der Waals surface area contributed by atoms with Gasteiger partial charge in [0.2, 0.25) is 10.0 Å². The first-order chi connectivity index (χ1) is 11.5. The third kappa shape index (κ3) is 3.25. The van der Waals surface area contributed by atoms with Crippen LogP contribution >= 0.6 is 0 Å². The molecule has 1 saturated heterocycles. The van der Waals surface area contributed by atoms with E-state index < -0.39 is 10.0 Å². The average molecular weight is 346 g/mol. The number of para-hydroxylation sites is 1. The van der Waals surface area contributed by atoms with Crippen molar-refractivity contribution in [2.75, 3.05) is 38.2 Å². The molecule has 0 atom stereocenters. The summed E-state index contributed by atoms with van der Waals surface area (Å²) in [4.78, 5) is 2.54. The van der Waals surface area contributed by atoms with Crippen molar-refractivity contribution in [1.82, 2.24) is 4.31 Å². The molecule has 0 saturated carbocycles. The summed E-state index contributed by atoms with van der Waals surface area (Å²) < 4.78 is 32.5. The number of anilines is 1. The first-order valence-corrected chi connectivity index (χ1v) is 9.41. The fraction of sp³-hybridized carbons (Fsp3) is 0.333. The van der Waals surface area contributed by atoms with Crippen LogP contribution in [0, 0.1) is 6.92 Å². The highest BCUT2D eigenvalue weighted by Gasteiger charge is 2.28. The Kier molecular flexibility index (Phi) is 4.78. The van der Waals surface area contributed by atoms with E-state index in [0.29, 0.717) is 36.8 Å². The van der Waals surface area contributed by atoms with Crippen LogP contribution in [0.3, 0.4) is 0 Å². The maximum Gasteiger partial charge on any atom is 0.243 e. The molecule has 128 valence electrons. The van der Waals surface area contributed by atoms with E-state index in [1.165, 1.54) is 0 Å². The standard InChI is InChI=1S/C18H22N2O3S/c1-15-14-17(8-9-18(15)23-2)24(21,22)20-12-10-19(11-13-20)16-6-4-3-5-7-16/h3-9,14H,10-13H2,1-2H3.